The van der Waals surface area contributed by atoms with Crippen molar-refractivity contribution in [2.45, 2.75) is 52.0 Å². The van der Waals surface area contributed by atoms with Crippen LogP contribution in [-0.2, 0) is 0 Å². The molecule has 1 heterocycles. The minimum absolute atomic E-state index is 0.873. The zero-order valence-corrected chi connectivity index (χ0v) is 11.0. The van der Waals surface area contributed by atoms with Gasteiger partial charge in [0, 0.05) is 12.6 Å². The molecule has 0 amide bonds. The molecule has 2 rings (SSSR count). The maximum absolute atomic E-state index is 5.67. The Balaban J connectivity index is 1.74. The highest BCUT2D eigenvalue weighted by Gasteiger charge is 2.36. The molecule has 94 valence electrons. The number of hydrogen-bond acceptors (Lipinski definition) is 2. The van der Waals surface area contributed by atoms with Crippen molar-refractivity contribution in [1.82, 2.24) is 4.90 Å². The molecule has 0 aromatic heterocycles. The van der Waals surface area contributed by atoms with E-state index >= 15 is 0 Å². The van der Waals surface area contributed by atoms with Crippen LogP contribution in [0.1, 0.15) is 46.0 Å². The summed E-state index contributed by atoms with van der Waals surface area (Å²) in [5, 5.41) is 0. The van der Waals surface area contributed by atoms with Crippen molar-refractivity contribution in [2.75, 3.05) is 19.6 Å². The fourth-order valence-electron chi connectivity index (χ4n) is 3.37. The molecule has 1 saturated heterocycles. The lowest BCUT2D eigenvalue weighted by Crippen LogP contribution is -2.50. The van der Waals surface area contributed by atoms with Crippen LogP contribution in [-0.4, -0.2) is 30.6 Å². The largest absolute Gasteiger partial charge is 0.330 e. The van der Waals surface area contributed by atoms with Gasteiger partial charge in [-0.2, -0.15) is 0 Å². The standard InChI is InChI=1S/C14H28N2/c1-11(2)13-8-14(9-13)16-7-3-4-12(10-16)5-6-15/h11-14H,3-10,15H2,1-2H3. The summed E-state index contributed by atoms with van der Waals surface area (Å²) >= 11 is 0. The quantitative estimate of drug-likeness (QED) is 0.795. The molecule has 16 heavy (non-hydrogen) atoms. The minimum Gasteiger partial charge on any atom is -0.330 e. The number of piperidine rings is 1. The average Bonchev–Trinajstić information content (AvgIpc) is 2.15. The molecule has 2 N–H and O–H groups in total. The molecule has 2 heteroatoms. The molecule has 2 nitrogen and oxygen atoms in total. The highest BCUT2D eigenvalue weighted by Crippen LogP contribution is 2.38. The molecule has 2 aliphatic rings. The normalized spacial score (nSPS) is 36.4. The van der Waals surface area contributed by atoms with Gasteiger partial charge in [-0.15, -0.1) is 0 Å². The van der Waals surface area contributed by atoms with Crippen molar-refractivity contribution in [3.05, 3.63) is 0 Å². The van der Waals surface area contributed by atoms with Gasteiger partial charge in [0.05, 0.1) is 0 Å². The zero-order chi connectivity index (χ0) is 11.5. The third-order valence-electron chi connectivity index (χ3n) is 4.73. The Kier molecular flexibility index (Phi) is 4.26. The fourth-order valence-corrected chi connectivity index (χ4v) is 3.37. The Morgan fingerprint density at radius 2 is 2.06 bits per heavy atom. The van der Waals surface area contributed by atoms with E-state index in [1.807, 2.05) is 0 Å². The first-order valence-electron chi connectivity index (χ1n) is 7.14. The van der Waals surface area contributed by atoms with E-state index in [0.717, 1.165) is 30.3 Å². The second-order valence-electron chi connectivity index (χ2n) is 6.21. The summed E-state index contributed by atoms with van der Waals surface area (Å²) in [6.45, 7) is 8.28. The van der Waals surface area contributed by atoms with Gasteiger partial charge in [-0.1, -0.05) is 13.8 Å². The van der Waals surface area contributed by atoms with E-state index in [4.69, 9.17) is 5.73 Å². The minimum atomic E-state index is 0.873. The molecule has 2 fully saturated rings. The van der Waals surface area contributed by atoms with E-state index in [1.165, 1.54) is 45.2 Å². The molecule has 1 aliphatic heterocycles. The zero-order valence-electron chi connectivity index (χ0n) is 11.0. The molecule has 1 unspecified atom stereocenters. The van der Waals surface area contributed by atoms with Gasteiger partial charge in [-0.05, 0) is 62.9 Å². The summed E-state index contributed by atoms with van der Waals surface area (Å²) in [4.78, 5) is 2.75. The molecule has 0 spiro atoms. The Hall–Kier alpha value is -0.0800. The van der Waals surface area contributed by atoms with E-state index in [9.17, 15) is 0 Å². The van der Waals surface area contributed by atoms with Crippen molar-refractivity contribution < 1.29 is 0 Å². The number of nitrogens with two attached hydrogens (primary N) is 1. The first-order chi connectivity index (χ1) is 7.70. The van der Waals surface area contributed by atoms with Gasteiger partial charge in [-0.3, -0.25) is 0 Å². The lowest BCUT2D eigenvalue weighted by Gasteiger charge is -2.47. The smallest absolute Gasteiger partial charge is 0.0101 e. The summed E-state index contributed by atoms with van der Waals surface area (Å²) in [6.07, 6.45) is 6.94. The van der Waals surface area contributed by atoms with Gasteiger partial charge in [0.1, 0.15) is 0 Å². The molecule has 0 radical (unpaired) electrons. The van der Waals surface area contributed by atoms with Crippen molar-refractivity contribution in [3.63, 3.8) is 0 Å². The van der Waals surface area contributed by atoms with Gasteiger partial charge >= 0.3 is 0 Å². The van der Waals surface area contributed by atoms with E-state index in [2.05, 4.69) is 18.7 Å². The topological polar surface area (TPSA) is 29.3 Å². The van der Waals surface area contributed by atoms with Crippen LogP contribution in [0.25, 0.3) is 0 Å². The van der Waals surface area contributed by atoms with Crippen molar-refractivity contribution >= 4 is 0 Å². The highest BCUT2D eigenvalue weighted by atomic mass is 15.2. The third kappa shape index (κ3) is 2.78. The monoisotopic (exact) mass is 224 g/mol. The van der Waals surface area contributed by atoms with Gasteiger partial charge in [0.25, 0.3) is 0 Å². The SMILES string of the molecule is CC(C)C1CC(N2CCCC(CCN)C2)C1. The van der Waals surface area contributed by atoms with E-state index in [1.54, 1.807) is 0 Å². The van der Waals surface area contributed by atoms with Crippen LogP contribution in [0.5, 0.6) is 0 Å². The number of nitrogens with zero attached hydrogens (tertiary/aromatic N) is 1. The van der Waals surface area contributed by atoms with Crippen LogP contribution in [0.3, 0.4) is 0 Å². The molecule has 1 aliphatic carbocycles. The summed E-state index contributed by atoms with van der Waals surface area (Å²) in [5.41, 5.74) is 5.67. The van der Waals surface area contributed by atoms with Crippen LogP contribution in [0.2, 0.25) is 0 Å². The predicted octanol–water partition coefficient (Wildman–Crippen LogP) is 2.48. The first kappa shape index (κ1) is 12.4. The molecule has 1 atom stereocenters. The predicted molar refractivity (Wildman–Crippen MR) is 69.3 cm³/mol. The molecule has 0 bridgehead atoms. The Morgan fingerprint density at radius 1 is 1.31 bits per heavy atom. The summed E-state index contributed by atoms with van der Waals surface area (Å²) in [5.74, 6) is 2.78. The van der Waals surface area contributed by atoms with Crippen molar-refractivity contribution in [1.29, 1.82) is 0 Å². The summed E-state index contributed by atoms with van der Waals surface area (Å²) in [6, 6.07) is 0.910. The van der Waals surface area contributed by atoms with Crippen LogP contribution < -0.4 is 5.73 Å². The van der Waals surface area contributed by atoms with Gasteiger partial charge in [-0.25, -0.2) is 0 Å². The second kappa shape index (κ2) is 5.50. The van der Waals surface area contributed by atoms with Gasteiger partial charge < -0.3 is 10.6 Å². The van der Waals surface area contributed by atoms with Crippen LogP contribution >= 0.6 is 0 Å². The van der Waals surface area contributed by atoms with E-state index in [0.29, 0.717) is 0 Å². The maximum atomic E-state index is 5.67. The van der Waals surface area contributed by atoms with Crippen LogP contribution in [0.15, 0.2) is 0 Å². The lowest BCUT2D eigenvalue weighted by atomic mass is 9.72. The Morgan fingerprint density at radius 3 is 2.69 bits per heavy atom. The summed E-state index contributed by atoms with van der Waals surface area (Å²) < 4.78 is 0. The number of rotatable bonds is 4. The van der Waals surface area contributed by atoms with E-state index < -0.39 is 0 Å². The number of likely N-dealkylation sites (tertiary alicyclic amines) is 1. The van der Waals surface area contributed by atoms with Gasteiger partial charge in [0.15, 0.2) is 0 Å². The maximum Gasteiger partial charge on any atom is 0.0101 e. The molecule has 1 saturated carbocycles. The first-order valence-corrected chi connectivity index (χ1v) is 7.14. The van der Waals surface area contributed by atoms with Crippen LogP contribution in [0.4, 0.5) is 0 Å². The second-order valence-corrected chi connectivity index (χ2v) is 6.21. The third-order valence-corrected chi connectivity index (χ3v) is 4.73. The summed E-state index contributed by atoms with van der Waals surface area (Å²) in [7, 11) is 0. The molecule has 0 aromatic carbocycles. The molecular weight excluding hydrogens is 196 g/mol. The molecule has 0 aromatic rings. The van der Waals surface area contributed by atoms with E-state index in [-0.39, 0.29) is 0 Å². The Labute approximate surface area is 101 Å². The van der Waals surface area contributed by atoms with Gasteiger partial charge in [0.2, 0.25) is 0 Å². The highest BCUT2D eigenvalue weighted by molar-refractivity contribution is 4.90. The fraction of sp³-hybridized carbons (Fsp3) is 1.00. The van der Waals surface area contributed by atoms with Crippen molar-refractivity contribution in [2.24, 2.45) is 23.5 Å². The number of hydrogen-bond donors (Lipinski definition) is 1. The van der Waals surface area contributed by atoms with Crippen molar-refractivity contribution in [3.8, 4) is 0 Å². The average molecular weight is 224 g/mol. The lowest BCUT2D eigenvalue weighted by molar-refractivity contribution is 0.0251. The van der Waals surface area contributed by atoms with Crippen LogP contribution in [0, 0.1) is 17.8 Å². The molecular formula is C14H28N2. The Bertz CT molecular complexity index is 207.